The minimum absolute atomic E-state index is 0.188. The average Bonchev–Trinajstić information content (AvgIpc) is 2.63. The van der Waals surface area contributed by atoms with Crippen molar-refractivity contribution in [2.45, 2.75) is 12.8 Å². The lowest BCUT2D eigenvalue weighted by atomic mass is 9.97. The average molecular weight is 331 g/mol. The van der Waals surface area contributed by atoms with E-state index in [2.05, 4.69) is 0 Å². The van der Waals surface area contributed by atoms with Crippen molar-refractivity contribution in [3.63, 3.8) is 0 Å². The maximum absolute atomic E-state index is 13.3. The third kappa shape index (κ3) is 3.91. The van der Waals surface area contributed by atoms with Crippen LogP contribution in [0, 0.1) is 17.6 Å². The fourth-order valence-electron chi connectivity index (χ4n) is 2.85. The van der Waals surface area contributed by atoms with Crippen LogP contribution in [-0.4, -0.2) is 30.5 Å². The number of para-hydroxylation sites is 1. The van der Waals surface area contributed by atoms with Crippen molar-refractivity contribution in [1.82, 2.24) is 4.90 Å². The van der Waals surface area contributed by atoms with Crippen molar-refractivity contribution in [2.24, 2.45) is 5.92 Å². The molecule has 0 aliphatic carbocycles. The van der Waals surface area contributed by atoms with Crippen molar-refractivity contribution in [1.29, 1.82) is 0 Å². The summed E-state index contributed by atoms with van der Waals surface area (Å²) in [5, 5.41) is 0. The third-order valence-electron chi connectivity index (χ3n) is 4.30. The number of piperidine rings is 1. The van der Waals surface area contributed by atoms with Gasteiger partial charge in [0.05, 0.1) is 6.61 Å². The van der Waals surface area contributed by atoms with E-state index < -0.39 is 11.6 Å². The smallest absolute Gasteiger partial charge is 0.253 e. The van der Waals surface area contributed by atoms with Gasteiger partial charge in [0.25, 0.3) is 5.91 Å². The Morgan fingerprint density at radius 1 is 1.04 bits per heavy atom. The van der Waals surface area contributed by atoms with Gasteiger partial charge in [-0.15, -0.1) is 0 Å². The summed E-state index contributed by atoms with van der Waals surface area (Å²) in [6.07, 6.45) is 1.67. The van der Waals surface area contributed by atoms with Gasteiger partial charge in [-0.3, -0.25) is 4.79 Å². The van der Waals surface area contributed by atoms with Crippen LogP contribution in [-0.2, 0) is 0 Å². The number of hydrogen-bond donors (Lipinski definition) is 0. The lowest BCUT2D eigenvalue weighted by molar-refractivity contribution is 0.0660. The Morgan fingerprint density at radius 3 is 2.42 bits per heavy atom. The van der Waals surface area contributed by atoms with Gasteiger partial charge in [0.1, 0.15) is 5.75 Å². The molecule has 1 saturated heterocycles. The fraction of sp³-hybridized carbons (Fsp3) is 0.316. The fourth-order valence-corrected chi connectivity index (χ4v) is 2.85. The molecule has 126 valence electrons. The monoisotopic (exact) mass is 331 g/mol. The maximum Gasteiger partial charge on any atom is 0.253 e. The van der Waals surface area contributed by atoms with Crippen molar-refractivity contribution >= 4 is 5.91 Å². The van der Waals surface area contributed by atoms with Crippen LogP contribution in [0.4, 0.5) is 8.78 Å². The Bertz CT molecular complexity index is 698. The first kappa shape index (κ1) is 16.4. The number of ether oxygens (including phenoxy) is 1. The van der Waals surface area contributed by atoms with Gasteiger partial charge >= 0.3 is 0 Å². The summed E-state index contributed by atoms with van der Waals surface area (Å²) in [4.78, 5) is 14.0. The van der Waals surface area contributed by atoms with Gasteiger partial charge in [-0.25, -0.2) is 8.78 Å². The molecule has 3 rings (SSSR count). The third-order valence-corrected chi connectivity index (χ3v) is 4.30. The van der Waals surface area contributed by atoms with Crippen molar-refractivity contribution in [3.8, 4) is 5.75 Å². The summed E-state index contributed by atoms with van der Waals surface area (Å²) < 4.78 is 32.0. The largest absolute Gasteiger partial charge is 0.493 e. The topological polar surface area (TPSA) is 29.5 Å². The number of benzene rings is 2. The van der Waals surface area contributed by atoms with Gasteiger partial charge in [0, 0.05) is 18.7 Å². The minimum atomic E-state index is -0.994. The molecular weight excluding hydrogens is 312 g/mol. The zero-order valence-corrected chi connectivity index (χ0v) is 13.3. The second-order valence-corrected chi connectivity index (χ2v) is 5.99. The van der Waals surface area contributed by atoms with E-state index in [1.807, 2.05) is 30.3 Å². The Morgan fingerprint density at radius 2 is 1.75 bits per heavy atom. The maximum atomic E-state index is 13.3. The van der Waals surface area contributed by atoms with E-state index in [0.717, 1.165) is 30.7 Å². The molecule has 0 aromatic heterocycles. The molecule has 1 aliphatic heterocycles. The summed E-state index contributed by atoms with van der Waals surface area (Å²) in [5.41, 5.74) is 0.188. The first-order valence-corrected chi connectivity index (χ1v) is 8.05. The van der Waals surface area contributed by atoms with Gasteiger partial charge in [0.2, 0.25) is 0 Å². The van der Waals surface area contributed by atoms with E-state index >= 15 is 0 Å². The lowest BCUT2D eigenvalue weighted by Gasteiger charge is -2.32. The number of carbonyl (C=O) groups excluding carboxylic acids is 1. The van der Waals surface area contributed by atoms with Crippen molar-refractivity contribution < 1.29 is 18.3 Å². The summed E-state index contributed by atoms with van der Waals surface area (Å²) in [6.45, 7) is 1.82. The molecule has 0 N–H and O–H groups in total. The summed E-state index contributed by atoms with van der Waals surface area (Å²) >= 11 is 0. The first-order valence-electron chi connectivity index (χ1n) is 8.05. The SMILES string of the molecule is O=C(c1ccc(F)c(F)c1)N1CCC(COc2ccccc2)CC1. The zero-order chi connectivity index (χ0) is 16.9. The van der Waals surface area contributed by atoms with Gasteiger partial charge in [-0.2, -0.15) is 0 Å². The highest BCUT2D eigenvalue weighted by molar-refractivity contribution is 5.94. The van der Waals surface area contributed by atoms with Crippen molar-refractivity contribution in [3.05, 3.63) is 65.7 Å². The second-order valence-electron chi connectivity index (χ2n) is 5.99. The predicted octanol–water partition coefficient (Wildman–Crippen LogP) is 3.90. The van der Waals surface area contributed by atoms with Crippen LogP contribution in [0.25, 0.3) is 0 Å². The van der Waals surface area contributed by atoms with Gasteiger partial charge < -0.3 is 9.64 Å². The van der Waals surface area contributed by atoms with E-state index in [0.29, 0.717) is 25.6 Å². The molecule has 0 bridgehead atoms. The van der Waals surface area contributed by atoms with E-state index in [-0.39, 0.29) is 11.5 Å². The quantitative estimate of drug-likeness (QED) is 0.850. The van der Waals surface area contributed by atoms with Gasteiger partial charge in [-0.1, -0.05) is 18.2 Å². The first-order chi connectivity index (χ1) is 11.6. The van der Waals surface area contributed by atoms with Gasteiger partial charge in [0.15, 0.2) is 11.6 Å². The molecule has 1 heterocycles. The molecule has 0 spiro atoms. The van der Waals surface area contributed by atoms with E-state index in [1.165, 1.54) is 6.07 Å². The van der Waals surface area contributed by atoms with E-state index in [4.69, 9.17) is 4.74 Å². The minimum Gasteiger partial charge on any atom is -0.493 e. The number of halogens is 2. The highest BCUT2D eigenvalue weighted by Crippen LogP contribution is 2.21. The number of likely N-dealkylation sites (tertiary alicyclic amines) is 1. The number of hydrogen-bond acceptors (Lipinski definition) is 2. The van der Waals surface area contributed by atoms with Gasteiger partial charge in [-0.05, 0) is 49.1 Å². The molecular formula is C19H19F2NO2. The standard InChI is InChI=1S/C19H19F2NO2/c20-17-7-6-15(12-18(17)21)19(23)22-10-8-14(9-11-22)13-24-16-4-2-1-3-5-16/h1-7,12,14H,8-11,13H2. The molecule has 0 unspecified atom stereocenters. The van der Waals surface area contributed by atoms with E-state index in [9.17, 15) is 13.6 Å². The Hall–Kier alpha value is -2.43. The van der Waals surface area contributed by atoms with Crippen LogP contribution in [0.5, 0.6) is 5.75 Å². The Balaban J connectivity index is 1.51. The molecule has 1 amide bonds. The molecule has 1 aliphatic rings. The molecule has 2 aromatic carbocycles. The number of amides is 1. The van der Waals surface area contributed by atoms with Crippen LogP contribution >= 0.6 is 0 Å². The molecule has 0 radical (unpaired) electrons. The second kappa shape index (κ2) is 7.43. The van der Waals surface area contributed by atoms with Crippen LogP contribution in [0.2, 0.25) is 0 Å². The Labute approximate surface area is 139 Å². The molecule has 2 aromatic rings. The van der Waals surface area contributed by atoms with Crippen molar-refractivity contribution in [2.75, 3.05) is 19.7 Å². The number of nitrogens with zero attached hydrogens (tertiary/aromatic N) is 1. The van der Waals surface area contributed by atoms with Crippen LogP contribution in [0.1, 0.15) is 23.2 Å². The lowest BCUT2D eigenvalue weighted by Crippen LogP contribution is -2.39. The summed E-state index contributed by atoms with van der Waals surface area (Å²) in [6, 6.07) is 12.9. The van der Waals surface area contributed by atoms with E-state index in [1.54, 1.807) is 4.90 Å². The molecule has 0 atom stereocenters. The van der Waals surface area contributed by atoms with Crippen LogP contribution < -0.4 is 4.74 Å². The number of rotatable bonds is 4. The highest BCUT2D eigenvalue weighted by atomic mass is 19.2. The van der Waals surface area contributed by atoms with Crippen LogP contribution in [0.3, 0.4) is 0 Å². The normalized spacial score (nSPS) is 15.3. The number of carbonyl (C=O) groups is 1. The Kier molecular flexibility index (Phi) is 5.08. The summed E-state index contributed by atoms with van der Waals surface area (Å²) in [7, 11) is 0. The molecule has 0 saturated carbocycles. The zero-order valence-electron chi connectivity index (χ0n) is 13.3. The summed E-state index contributed by atoms with van der Waals surface area (Å²) in [5.74, 6) is -0.955. The molecule has 24 heavy (non-hydrogen) atoms. The predicted molar refractivity (Wildman–Crippen MR) is 86.9 cm³/mol. The molecule has 3 nitrogen and oxygen atoms in total. The molecule has 1 fully saturated rings. The molecule has 5 heteroatoms. The highest BCUT2D eigenvalue weighted by Gasteiger charge is 2.24. The van der Waals surface area contributed by atoms with Crippen LogP contribution in [0.15, 0.2) is 48.5 Å².